The van der Waals surface area contributed by atoms with Crippen LogP contribution in [-0.2, 0) is 9.53 Å². The number of esters is 1. The second kappa shape index (κ2) is 5.80. The predicted molar refractivity (Wildman–Crippen MR) is 76.2 cm³/mol. The summed E-state index contributed by atoms with van der Waals surface area (Å²) < 4.78 is 32.3. The van der Waals surface area contributed by atoms with Crippen LogP contribution in [0.4, 0.5) is 8.78 Å². The Morgan fingerprint density at radius 1 is 1.35 bits per heavy atom. The summed E-state index contributed by atoms with van der Waals surface area (Å²) in [6.07, 6.45) is 0. The van der Waals surface area contributed by atoms with Crippen molar-refractivity contribution in [2.45, 2.75) is 25.4 Å². The maximum Gasteiger partial charge on any atom is 0.380 e. The van der Waals surface area contributed by atoms with Crippen molar-refractivity contribution < 1.29 is 28.2 Å². The Bertz CT molecular complexity index is 560. The zero-order valence-corrected chi connectivity index (χ0v) is 13.3. The number of aliphatic carboxylic acids is 1. The predicted octanol–water partition coefficient (Wildman–Crippen LogP) is 3.60. The van der Waals surface area contributed by atoms with Crippen molar-refractivity contribution in [3.8, 4) is 0 Å². The third-order valence-corrected chi connectivity index (χ3v) is 3.51. The van der Waals surface area contributed by atoms with Crippen molar-refractivity contribution in [1.82, 2.24) is 0 Å². The van der Waals surface area contributed by atoms with Crippen LogP contribution < -0.4 is 0 Å². The number of hydrogen-bond acceptors (Lipinski definition) is 3. The quantitative estimate of drug-likeness (QED) is 0.599. The van der Waals surface area contributed by atoms with E-state index in [1.54, 1.807) is 6.07 Å². The van der Waals surface area contributed by atoms with Crippen molar-refractivity contribution in [3.05, 3.63) is 32.4 Å². The molecule has 0 heterocycles. The van der Waals surface area contributed by atoms with Gasteiger partial charge in [-0.2, -0.15) is 8.78 Å². The molecule has 110 valence electrons. The number of alkyl halides is 2. The highest BCUT2D eigenvalue weighted by Crippen LogP contribution is 2.33. The second-order valence-electron chi connectivity index (χ2n) is 4.40. The average Bonchev–Trinajstić information content (AvgIpc) is 2.27. The summed E-state index contributed by atoms with van der Waals surface area (Å²) in [7, 11) is 0. The number of benzene rings is 1. The first-order valence-corrected chi connectivity index (χ1v) is 6.74. The van der Waals surface area contributed by atoms with Crippen molar-refractivity contribution in [2.24, 2.45) is 0 Å². The van der Waals surface area contributed by atoms with Crippen LogP contribution in [0.3, 0.4) is 0 Å². The van der Waals surface area contributed by atoms with Gasteiger partial charge in [0, 0.05) is 3.57 Å². The molecule has 20 heavy (non-hydrogen) atoms. The van der Waals surface area contributed by atoms with E-state index < -0.39 is 23.5 Å². The number of carboxylic acid groups (broad SMARTS) is 1. The van der Waals surface area contributed by atoms with E-state index in [1.165, 1.54) is 12.1 Å². The number of carbonyl (C=O) groups is 2. The monoisotopic (exact) mass is 418 g/mol. The SMILES string of the molecule is CC(C)(OC(=O)c1ccc(I)cc1Cl)C(F)(F)C(=O)O. The standard InChI is InChI=1S/C12H10ClF2IO4/c1-11(2,12(14,15)10(18)19)20-9(17)7-4-3-6(16)5-8(7)13/h3-5H,1-2H3,(H,18,19). The molecule has 1 rings (SSSR count). The first-order valence-electron chi connectivity index (χ1n) is 5.28. The first kappa shape index (κ1) is 17.1. The topological polar surface area (TPSA) is 63.6 Å². The van der Waals surface area contributed by atoms with E-state index in [1.807, 2.05) is 22.6 Å². The summed E-state index contributed by atoms with van der Waals surface area (Å²) in [4.78, 5) is 22.4. The molecule has 0 aliphatic carbocycles. The highest BCUT2D eigenvalue weighted by molar-refractivity contribution is 14.1. The lowest BCUT2D eigenvalue weighted by Crippen LogP contribution is -2.51. The molecule has 0 aliphatic rings. The molecule has 4 nitrogen and oxygen atoms in total. The van der Waals surface area contributed by atoms with Gasteiger partial charge in [0.05, 0.1) is 10.6 Å². The van der Waals surface area contributed by atoms with E-state index in [0.717, 1.165) is 17.4 Å². The highest BCUT2D eigenvalue weighted by Gasteiger charge is 2.56. The lowest BCUT2D eigenvalue weighted by atomic mass is 10.0. The van der Waals surface area contributed by atoms with Crippen molar-refractivity contribution >= 4 is 46.1 Å². The van der Waals surface area contributed by atoms with Crippen LogP contribution in [0.5, 0.6) is 0 Å². The fourth-order valence-corrected chi connectivity index (χ4v) is 2.20. The van der Waals surface area contributed by atoms with Crippen molar-refractivity contribution in [2.75, 3.05) is 0 Å². The number of carbonyl (C=O) groups excluding carboxylic acids is 1. The Hall–Kier alpha value is -0.960. The molecule has 0 radical (unpaired) electrons. The Morgan fingerprint density at radius 3 is 2.35 bits per heavy atom. The molecule has 0 atom stereocenters. The first-order chi connectivity index (χ1) is 8.99. The molecule has 0 bridgehead atoms. The van der Waals surface area contributed by atoms with E-state index in [2.05, 4.69) is 4.74 Å². The van der Waals surface area contributed by atoms with Gasteiger partial charge in [-0.15, -0.1) is 0 Å². The van der Waals surface area contributed by atoms with Gasteiger partial charge in [-0.25, -0.2) is 9.59 Å². The molecule has 0 unspecified atom stereocenters. The van der Waals surface area contributed by atoms with Gasteiger partial charge < -0.3 is 9.84 Å². The maximum atomic E-state index is 13.5. The fourth-order valence-electron chi connectivity index (χ4n) is 1.26. The summed E-state index contributed by atoms with van der Waals surface area (Å²) in [6, 6.07) is 4.33. The molecule has 0 spiro atoms. The normalized spacial score (nSPS) is 12.1. The summed E-state index contributed by atoms with van der Waals surface area (Å²) in [5.74, 6) is -7.71. The van der Waals surface area contributed by atoms with Gasteiger partial charge >= 0.3 is 17.9 Å². The number of carboxylic acids is 1. The Kier molecular flexibility index (Phi) is 4.96. The molecule has 0 aliphatic heterocycles. The fraction of sp³-hybridized carbons (Fsp3) is 0.333. The van der Waals surface area contributed by atoms with Crippen LogP contribution in [-0.4, -0.2) is 28.6 Å². The van der Waals surface area contributed by atoms with Gasteiger partial charge in [0.15, 0.2) is 5.60 Å². The molecule has 0 aromatic heterocycles. The summed E-state index contributed by atoms with van der Waals surface area (Å²) >= 11 is 7.78. The highest BCUT2D eigenvalue weighted by atomic mass is 127. The number of hydrogen-bond donors (Lipinski definition) is 1. The molecular formula is C12H10ClF2IO4. The maximum absolute atomic E-state index is 13.5. The summed E-state index contributed by atoms with van der Waals surface area (Å²) in [5, 5.41) is 8.52. The van der Waals surface area contributed by atoms with Crippen LogP contribution in [0, 0.1) is 3.57 Å². The minimum Gasteiger partial charge on any atom is -0.477 e. The number of rotatable bonds is 4. The molecule has 0 saturated heterocycles. The van der Waals surface area contributed by atoms with Crippen LogP contribution in [0.15, 0.2) is 18.2 Å². The molecule has 0 amide bonds. The average molecular weight is 419 g/mol. The molecule has 1 N–H and O–H groups in total. The third kappa shape index (κ3) is 3.38. The van der Waals surface area contributed by atoms with Crippen molar-refractivity contribution in [3.63, 3.8) is 0 Å². The van der Waals surface area contributed by atoms with Crippen LogP contribution in [0.2, 0.25) is 5.02 Å². The van der Waals surface area contributed by atoms with Gasteiger partial charge in [0.1, 0.15) is 0 Å². The summed E-state index contributed by atoms with van der Waals surface area (Å²) in [5.41, 5.74) is -2.62. The number of halogens is 4. The van der Waals surface area contributed by atoms with Crippen LogP contribution >= 0.6 is 34.2 Å². The molecule has 8 heteroatoms. The van der Waals surface area contributed by atoms with Gasteiger partial charge in [-0.05, 0) is 54.6 Å². The van der Waals surface area contributed by atoms with Crippen LogP contribution in [0.25, 0.3) is 0 Å². The minimum atomic E-state index is -4.22. The van der Waals surface area contributed by atoms with E-state index in [0.29, 0.717) is 0 Å². The Labute approximate surface area is 132 Å². The van der Waals surface area contributed by atoms with Crippen molar-refractivity contribution in [1.29, 1.82) is 0 Å². The molecule has 0 saturated carbocycles. The molecule has 1 aromatic carbocycles. The second-order valence-corrected chi connectivity index (χ2v) is 6.06. The van der Waals surface area contributed by atoms with Gasteiger partial charge in [-0.1, -0.05) is 11.6 Å². The van der Waals surface area contributed by atoms with E-state index in [4.69, 9.17) is 16.7 Å². The zero-order valence-electron chi connectivity index (χ0n) is 10.4. The van der Waals surface area contributed by atoms with Gasteiger partial charge in [0.2, 0.25) is 0 Å². The molecule has 0 fully saturated rings. The molecular weight excluding hydrogens is 408 g/mol. The van der Waals surface area contributed by atoms with E-state index >= 15 is 0 Å². The van der Waals surface area contributed by atoms with Gasteiger partial charge in [0.25, 0.3) is 0 Å². The smallest absolute Gasteiger partial charge is 0.380 e. The zero-order chi connectivity index (χ0) is 15.7. The minimum absolute atomic E-state index is 0.0383. The van der Waals surface area contributed by atoms with E-state index in [9.17, 15) is 18.4 Å². The third-order valence-electron chi connectivity index (χ3n) is 2.52. The lowest BCUT2D eigenvalue weighted by Gasteiger charge is -2.30. The molecule has 1 aromatic rings. The Morgan fingerprint density at radius 2 is 1.90 bits per heavy atom. The van der Waals surface area contributed by atoms with Crippen LogP contribution in [0.1, 0.15) is 24.2 Å². The van der Waals surface area contributed by atoms with Gasteiger partial charge in [-0.3, -0.25) is 0 Å². The lowest BCUT2D eigenvalue weighted by molar-refractivity contribution is -0.200. The summed E-state index contributed by atoms with van der Waals surface area (Å²) in [6.45, 7) is 1.64. The Balaban J connectivity index is 3.03. The number of ether oxygens (including phenoxy) is 1. The largest absolute Gasteiger partial charge is 0.477 e. The van der Waals surface area contributed by atoms with E-state index in [-0.39, 0.29) is 10.6 Å².